The molecule has 0 saturated heterocycles. The van der Waals surface area contributed by atoms with Crippen LogP contribution in [0.15, 0.2) is 24.3 Å². The number of carbonyl (C=O) groups is 1. The van der Waals surface area contributed by atoms with Gasteiger partial charge in [-0.15, -0.1) is 0 Å². The first-order chi connectivity index (χ1) is 5.05. The molecular formula is C10H14O. The Morgan fingerprint density at radius 2 is 2.36 bits per heavy atom. The minimum absolute atomic E-state index is 0.0389. The van der Waals surface area contributed by atoms with Gasteiger partial charge in [-0.2, -0.15) is 0 Å². The molecule has 1 rings (SSSR count). The van der Waals surface area contributed by atoms with Gasteiger partial charge < -0.3 is 4.79 Å². The Balaban J connectivity index is 2.83. The smallest absolute Gasteiger partial charge is 0.130 e. The Labute approximate surface area is 67.8 Å². The summed E-state index contributed by atoms with van der Waals surface area (Å²) in [6, 6.07) is 0. The van der Waals surface area contributed by atoms with E-state index in [0.717, 1.165) is 18.3 Å². The first-order valence-corrected chi connectivity index (χ1v) is 3.87. The predicted molar refractivity (Wildman–Crippen MR) is 46.2 cm³/mol. The van der Waals surface area contributed by atoms with Crippen molar-refractivity contribution in [3.63, 3.8) is 0 Å². The molecule has 0 fully saturated rings. The molecule has 1 nitrogen and oxygen atoms in total. The number of hydrogen-bond acceptors (Lipinski definition) is 1. The first-order valence-electron chi connectivity index (χ1n) is 3.87. The normalized spacial score (nSPS) is 28.5. The standard InChI is InChI=1S/C10H14O/c1-8-6-10(2,3)5-4-9(8)7-11/h4-5,7,9H,1,6H2,2-3H3. The number of aldehydes is 1. The second-order valence-corrected chi connectivity index (χ2v) is 3.84. The largest absolute Gasteiger partial charge is 0.302 e. The van der Waals surface area contributed by atoms with Crippen LogP contribution in [0, 0.1) is 11.3 Å². The third-order valence-corrected chi connectivity index (χ3v) is 2.06. The van der Waals surface area contributed by atoms with Gasteiger partial charge in [0.1, 0.15) is 6.29 Å². The van der Waals surface area contributed by atoms with Crippen molar-refractivity contribution in [3.05, 3.63) is 24.3 Å². The molecule has 0 amide bonds. The second kappa shape index (κ2) is 2.65. The van der Waals surface area contributed by atoms with E-state index in [1.54, 1.807) is 0 Å². The lowest BCUT2D eigenvalue weighted by atomic mass is 9.77. The Bertz CT molecular complexity index is 211. The second-order valence-electron chi connectivity index (χ2n) is 3.84. The van der Waals surface area contributed by atoms with Crippen LogP contribution in [0.2, 0.25) is 0 Å². The minimum Gasteiger partial charge on any atom is -0.302 e. The first kappa shape index (κ1) is 8.25. The molecule has 0 bridgehead atoms. The quantitative estimate of drug-likeness (QED) is 0.414. The molecule has 0 spiro atoms. The van der Waals surface area contributed by atoms with Gasteiger partial charge in [0.2, 0.25) is 0 Å². The highest BCUT2D eigenvalue weighted by molar-refractivity contribution is 5.62. The molecule has 0 N–H and O–H groups in total. The predicted octanol–water partition coefficient (Wildman–Crippen LogP) is 2.34. The number of allylic oxidation sites excluding steroid dienone is 3. The fourth-order valence-electron chi connectivity index (χ4n) is 1.40. The summed E-state index contributed by atoms with van der Waals surface area (Å²) in [5.41, 5.74) is 1.23. The number of hydrogen-bond donors (Lipinski definition) is 0. The summed E-state index contributed by atoms with van der Waals surface area (Å²) in [4.78, 5) is 10.5. The van der Waals surface area contributed by atoms with E-state index < -0.39 is 0 Å². The summed E-state index contributed by atoms with van der Waals surface area (Å²) >= 11 is 0. The fourth-order valence-corrected chi connectivity index (χ4v) is 1.40. The van der Waals surface area contributed by atoms with E-state index in [1.807, 2.05) is 6.08 Å². The molecule has 1 aliphatic carbocycles. The Kier molecular flexibility index (Phi) is 1.99. The third kappa shape index (κ3) is 1.79. The molecular weight excluding hydrogens is 136 g/mol. The Morgan fingerprint density at radius 3 is 2.82 bits per heavy atom. The van der Waals surface area contributed by atoms with Gasteiger partial charge in [-0.05, 0) is 11.8 Å². The van der Waals surface area contributed by atoms with E-state index in [0.29, 0.717) is 0 Å². The Morgan fingerprint density at radius 1 is 1.73 bits per heavy atom. The van der Waals surface area contributed by atoms with Crippen LogP contribution in [-0.4, -0.2) is 6.29 Å². The van der Waals surface area contributed by atoms with Gasteiger partial charge in [0.05, 0.1) is 5.92 Å². The van der Waals surface area contributed by atoms with Crippen LogP contribution in [-0.2, 0) is 4.79 Å². The maximum Gasteiger partial charge on any atom is 0.130 e. The van der Waals surface area contributed by atoms with Gasteiger partial charge >= 0.3 is 0 Å². The zero-order chi connectivity index (χ0) is 8.48. The lowest BCUT2D eigenvalue weighted by Gasteiger charge is -2.28. The molecule has 0 heterocycles. The molecule has 1 atom stereocenters. The minimum atomic E-state index is -0.0389. The SMILES string of the molecule is C=C1CC(C)(C)C=CC1C=O. The summed E-state index contributed by atoms with van der Waals surface area (Å²) < 4.78 is 0. The van der Waals surface area contributed by atoms with Crippen LogP contribution < -0.4 is 0 Å². The highest BCUT2D eigenvalue weighted by atomic mass is 16.1. The summed E-state index contributed by atoms with van der Waals surface area (Å²) in [7, 11) is 0. The molecule has 60 valence electrons. The maximum atomic E-state index is 10.5. The molecule has 0 saturated carbocycles. The van der Waals surface area contributed by atoms with Crippen LogP contribution in [0.25, 0.3) is 0 Å². The van der Waals surface area contributed by atoms with Crippen molar-refractivity contribution in [2.24, 2.45) is 11.3 Å². The van der Waals surface area contributed by atoms with Crippen molar-refractivity contribution in [2.75, 3.05) is 0 Å². The van der Waals surface area contributed by atoms with E-state index in [4.69, 9.17) is 0 Å². The van der Waals surface area contributed by atoms with E-state index >= 15 is 0 Å². The van der Waals surface area contributed by atoms with Crippen LogP contribution in [0.4, 0.5) is 0 Å². The van der Waals surface area contributed by atoms with E-state index in [-0.39, 0.29) is 11.3 Å². The summed E-state index contributed by atoms with van der Waals surface area (Å²) in [5.74, 6) is -0.0389. The fraction of sp³-hybridized carbons (Fsp3) is 0.500. The molecule has 1 aliphatic rings. The third-order valence-electron chi connectivity index (χ3n) is 2.06. The molecule has 0 aliphatic heterocycles. The van der Waals surface area contributed by atoms with E-state index in [9.17, 15) is 4.79 Å². The zero-order valence-electron chi connectivity index (χ0n) is 7.13. The molecule has 0 radical (unpaired) electrons. The molecule has 1 unspecified atom stereocenters. The van der Waals surface area contributed by atoms with Crippen molar-refractivity contribution >= 4 is 6.29 Å². The van der Waals surface area contributed by atoms with Crippen molar-refractivity contribution < 1.29 is 4.79 Å². The van der Waals surface area contributed by atoms with Crippen molar-refractivity contribution in [1.29, 1.82) is 0 Å². The topological polar surface area (TPSA) is 17.1 Å². The maximum absolute atomic E-state index is 10.5. The molecule has 0 aromatic rings. The summed E-state index contributed by atoms with van der Waals surface area (Å²) in [6.07, 6.45) is 5.92. The van der Waals surface area contributed by atoms with Crippen LogP contribution in [0.1, 0.15) is 20.3 Å². The summed E-state index contributed by atoms with van der Waals surface area (Å²) in [5, 5.41) is 0. The van der Waals surface area contributed by atoms with E-state index in [1.165, 1.54) is 0 Å². The van der Waals surface area contributed by atoms with Crippen LogP contribution in [0.3, 0.4) is 0 Å². The van der Waals surface area contributed by atoms with Crippen molar-refractivity contribution in [1.82, 2.24) is 0 Å². The molecule has 0 aromatic heterocycles. The van der Waals surface area contributed by atoms with Gasteiger partial charge in [-0.3, -0.25) is 0 Å². The van der Waals surface area contributed by atoms with Crippen LogP contribution in [0.5, 0.6) is 0 Å². The molecule has 1 heteroatoms. The van der Waals surface area contributed by atoms with Crippen molar-refractivity contribution in [3.8, 4) is 0 Å². The van der Waals surface area contributed by atoms with Gasteiger partial charge in [0.15, 0.2) is 0 Å². The highest BCUT2D eigenvalue weighted by Gasteiger charge is 2.23. The lowest BCUT2D eigenvalue weighted by Crippen LogP contribution is -2.18. The highest BCUT2D eigenvalue weighted by Crippen LogP contribution is 2.34. The lowest BCUT2D eigenvalue weighted by molar-refractivity contribution is -0.109. The molecule has 0 aromatic carbocycles. The summed E-state index contributed by atoms with van der Waals surface area (Å²) in [6.45, 7) is 8.18. The average molecular weight is 150 g/mol. The van der Waals surface area contributed by atoms with Crippen molar-refractivity contribution in [2.45, 2.75) is 20.3 Å². The zero-order valence-corrected chi connectivity index (χ0v) is 7.13. The van der Waals surface area contributed by atoms with Gasteiger partial charge in [-0.1, -0.05) is 38.2 Å². The van der Waals surface area contributed by atoms with Gasteiger partial charge in [-0.25, -0.2) is 0 Å². The monoisotopic (exact) mass is 150 g/mol. The molecule has 11 heavy (non-hydrogen) atoms. The van der Waals surface area contributed by atoms with Gasteiger partial charge in [0, 0.05) is 0 Å². The Hall–Kier alpha value is -0.850. The van der Waals surface area contributed by atoms with Gasteiger partial charge in [0.25, 0.3) is 0 Å². The number of carbonyl (C=O) groups excluding carboxylic acids is 1. The average Bonchev–Trinajstić information content (AvgIpc) is 1.86. The van der Waals surface area contributed by atoms with E-state index in [2.05, 4.69) is 26.5 Å². The van der Waals surface area contributed by atoms with Crippen LogP contribution >= 0.6 is 0 Å². The number of rotatable bonds is 1.